The predicted octanol–water partition coefficient (Wildman–Crippen LogP) is 3.30. The topological polar surface area (TPSA) is 65.6 Å². The van der Waals surface area contributed by atoms with Crippen LogP contribution in [0.3, 0.4) is 0 Å². The van der Waals surface area contributed by atoms with Gasteiger partial charge in [0.05, 0.1) is 12.6 Å². The van der Waals surface area contributed by atoms with E-state index < -0.39 is 0 Å². The Labute approximate surface area is 152 Å². The highest BCUT2D eigenvalue weighted by molar-refractivity contribution is 5.86. The lowest BCUT2D eigenvalue weighted by molar-refractivity contribution is -0.146. The zero-order valence-corrected chi connectivity index (χ0v) is 15.2. The van der Waals surface area contributed by atoms with Crippen LogP contribution in [0.1, 0.15) is 37.6 Å². The molecule has 1 aromatic carbocycles. The Bertz CT molecular complexity index is 929. The van der Waals surface area contributed by atoms with Crippen molar-refractivity contribution in [2.24, 2.45) is 11.8 Å². The number of ether oxygens (including phenoxy) is 1. The van der Waals surface area contributed by atoms with E-state index in [0.29, 0.717) is 36.3 Å². The Balaban J connectivity index is 1.59. The summed E-state index contributed by atoms with van der Waals surface area (Å²) in [4.78, 5) is 17.6. The first kappa shape index (κ1) is 15.9. The third-order valence-corrected chi connectivity index (χ3v) is 6.68. The van der Waals surface area contributed by atoms with Crippen LogP contribution in [0.25, 0.3) is 10.9 Å². The number of hydrogen-bond acceptors (Lipinski definition) is 4. The van der Waals surface area contributed by atoms with Gasteiger partial charge in [0, 0.05) is 42.0 Å². The number of nitrogens with one attached hydrogen (secondary N) is 1. The normalized spacial score (nSPS) is 33.5. The number of phenolic OH excluding ortho intramolecular Hbond substituents is 1. The number of aromatic amines is 1. The van der Waals surface area contributed by atoms with E-state index in [4.69, 9.17) is 4.74 Å². The van der Waals surface area contributed by atoms with Crippen LogP contribution in [-0.2, 0) is 16.0 Å². The van der Waals surface area contributed by atoms with Crippen LogP contribution < -0.4 is 0 Å². The highest BCUT2D eigenvalue weighted by Crippen LogP contribution is 2.54. The molecule has 4 bridgehead atoms. The number of piperidine rings is 3. The molecule has 6 rings (SSSR count). The van der Waals surface area contributed by atoms with E-state index in [2.05, 4.69) is 22.9 Å². The molecule has 5 nitrogen and oxygen atoms in total. The lowest BCUT2D eigenvalue weighted by Crippen LogP contribution is -2.61. The van der Waals surface area contributed by atoms with Gasteiger partial charge in [0.1, 0.15) is 5.75 Å². The van der Waals surface area contributed by atoms with Crippen LogP contribution in [0, 0.1) is 11.8 Å². The minimum Gasteiger partial charge on any atom is -0.508 e. The molecule has 0 amide bonds. The summed E-state index contributed by atoms with van der Waals surface area (Å²) < 4.78 is 5.45. The molecule has 2 aromatic rings. The Morgan fingerprint density at radius 2 is 2.31 bits per heavy atom. The van der Waals surface area contributed by atoms with Gasteiger partial charge < -0.3 is 14.8 Å². The number of carbonyl (C=O) groups is 1. The number of hydrogen-bond donors (Lipinski definition) is 2. The molecule has 3 saturated heterocycles. The van der Waals surface area contributed by atoms with Gasteiger partial charge in [0.2, 0.25) is 0 Å². The van der Waals surface area contributed by atoms with E-state index in [1.807, 2.05) is 12.1 Å². The molecule has 136 valence electrons. The SMILES string of the molecule is C/C=C1/CN2[C@H]3CC1C(COC(C)=O)[C@@H]2Cc1c3[nH]c2ccc(O)cc12. The van der Waals surface area contributed by atoms with Gasteiger partial charge in [-0.15, -0.1) is 0 Å². The number of fused-ring (bicyclic) bond motifs is 4. The fourth-order valence-electron chi connectivity index (χ4n) is 5.55. The first-order valence-corrected chi connectivity index (χ1v) is 9.44. The van der Waals surface area contributed by atoms with Gasteiger partial charge >= 0.3 is 5.97 Å². The average molecular weight is 352 g/mol. The molecule has 5 heterocycles. The van der Waals surface area contributed by atoms with Gasteiger partial charge in [-0.05, 0) is 49.4 Å². The molecule has 3 fully saturated rings. The second kappa shape index (κ2) is 5.61. The van der Waals surface area contributed by atoms with Gasteiger partial charge in [-0.1, -0.05) is 11.6 Å². The highest BCUT2D eigenvalue weighted by Gasteiger charge is 2.53. The van der Waals surface area contributed by atoms with Crippen LogP contribution in [0.15, 0.2) is 29.8 Å². The fourth-order valence-corrected chi connectivity index (χ4v) is 5.55. The summed E-state index contributed by atoms with van der Waals surface area (Å²) in [7, 11) is 0. The van der Waals surface area contributed by atoms with E-state index in [9.17, 15) is 9.90 Å². The lowest BCUT2D eigenvalue weighted by Gasteiger charge is -2.58. The predicted molar refractivity (Wildman–Crippen MR) is 98.9 cm³/mol. The third kappa shape index (κ3) is 2.16. The van der Waals surface area contributed by atoms with Crippen molar-refractivity contribution in [2.45, 2.75) is 38.8 Å². The molecule has 2 N–H and O–H groups in total. The first-order chi connectivity index (χ1) is 12.6. The van der Waals surface area contributed by atoms with Crippen molar-refractivity contribution < 1.29 is 14.6 Å². The Hall–Kier alpha value is -2.27. The maximum atomic E-state index is 11.4. The average Bonchev–Trinajstić information content (AvgIpc) is 2.98. The molecule has 5 heteroatoms. The number of aromatic nitrogens is 1. The number of nitrogens with zero attached hydrogens (tertiary/aromatic N) is 1. The zero-order chi connectivity index (χ0) is 18.0. The number of allylic oxidation sites excluding steroid dienone is 1. The van der Waals surface area contributed by atoms with Gasteiger partial charge in [-0.2, -0.15) is 0 Å². The van der Waals surface area contributed by atoms with Gasteiger partial charge in [0.25, 0.3) is 0 Å². The summed E-state index contributed by atoms with van der Waals surface area (Å²) in [5, 5.41) is 11.1. The van der Waals surface area contributed by atoms with Crippen LogP contribution in [0.5, 0.6) is 5.75 Å². The molecule has 4 aliphatic rings. The molecule has 0 aliphatic carbocycles. The third-order valence-electron chi connectivity index (χ3n) is 6.68. The number of aromatic hydroxyl groups is 1. The maximum Gasteiger partial charge on any atom is 0.302 e. The molecule has 0 saturated carbocycles. The Morgan fingerprint density at radius 1 is 1.46 bits per heavy atom. The second-order valence-corrected chi connectivity index (χ2v) is 7.88. The van der Waals surface area contributed by atoms with Crippen molar-refractivity contribution in [3.05, 3.63) is 41.1 Å². The summed E-state index contributed by atoms with van der Waals surface area (Å²) in [6.45, 7) is 5.11. The van der Waals surface area contributed by atoms with Crippen LogP contribution in [-0.4, -0.2) is 40.2 Å². The number of rotatable bonds is 2. The second-order valence-electron chi connectivity index (χ2n) is 7.88. The molecule has 1 aromatic heterocycles. The van der Waals surface area contributed by atoms with Crippen molar-refractivity contribution in [3.63, 3.8) is 0 Å². The first-order valence-electron chi connectivity index (χ1n) is 9.44. The monoisotopic (exact) mass is 352 g/mol. The summed E-state index contributed by atoms with van der Waals surface area (Å²) in [6.07, 6.45) is 4.25. The molecule has 4 aliphatic heterocycles. The van der Waals surface area contributed by atoms with Gasteiger partial charge in [-0.25, -0.2) is 0 Å². The van der Waals surface area contributed by atoms with Crippen LogP contribution in [0.4, 0.5) is 0 Å². The number of benzene rings is 1. The van der Waals surface area contributed by atoms with E-state index in [0.717, 1.165) is 30.3 Å². The molecular weight excluding hydrogens is 328 g/mol. The van der Waals surface area contributed by atoms with E-state index in [-0.39, 0.29) is 5.97 Å². The van der Waals surface area contributed by atoms with E-state index in [1.54, 1.807) is 6.07 Å². The highest BCUT2D eigenvalue weighted by atomic mass is 16.5. The molecule has 5 atom stereocenters. The Kier molecular flexibility index (Phi) is 3.44. The van der Waals surface area contributed by atoms with Crippen molar-refractivity contribution >= 4 is 16.9 Å². The summed E-state index contributed by atoms with van der Waals surface area (Å²) in [6, 6.07) is 6.35. The molecule has 0 radical (unpaired) electrons. The van der Waals surface area contributed by atoms with Crippen molar-refractivity contribution in [2.75, 3.05) is 13.2 Å². The number of H-pyrrole nitrogens is 1. The molecule has 26 heavy (non-hydrogen) atoms. The van der Waals surface area contributed by atoms with Crippen molar-refractivity contribution in [1.29, 1.82) is 0 Å². The summed E-state index contributed by atoms with van der Waals surface area (Å²) >= 11 is 0. The number of phenols is 1. The minimum absolute atomic E-state index is 0.200. The molecule has 0 spiro atoms. The molecular formula is C21H24N2O3. The van der Waals surface area contributed by atoms with Gasteiger partial charge in [0.15, 0.2) is 0 Å². The lowest BCUT2D eigenvalue weighted by atomic mass is 9.64. The number of carbonyl (C=O) groups excluding carboxylic acids is 1. The fraction of sp³-hybridized carbons (Fsp3) is 0.476. The van der Waals surface area contributed by atoms with E-state index in [1.165, 1.54) is 23.8 Å². The summed E-state index contributed by atoms with van der Waals surface area (Å²) in [5.74, 6) is 0.927. The van der Waals surface area contributed by atoms with Crippen LogP contribution >= 0.6 is 0 Å². The quantitative estimate of drug-likeness (QED) is 0.643. The Morgan fingerprint density at radius 3 is 3.08 bits per heavy atom. The van der Waals surface area contributed by atoms with Gasteiger partial charge in [-0.3, -0.25) is 9.69 Å². The smallest absolute Gasteiger partial charge is 0.302 e. The van der Waals surface area contributed by atoms with Crippen molar-refractivity contribution in [1.82, 2.24) is 9.88 Å². The van der Waals surface area contributed by atoms with Crippen LogP contribution in [0.2, 0.25) is 0 Å². The maximum absolute atomic E-state index is 11.4. The zero-order valence-electron chi connectivity index (χ0n) is 15.2. The van der Waals surface area contributed by atoms with Crippen molar-refractivity contribution in [3.8, 4) is 5.75 Å². The minimum atomic E-state index is -0.200. The number of esters is 1. The van der Waals surface area contributed by atoms with E-state index >= 15 is 0 Å². The standard InChI is InChI=1S/C21H24N2O3/c1-3-12-9-23-19-8-16-15-6-13(25)4-5-18(15)22-21(16)20(23)7-14(12)17(19)10-26-11(2)24/h3-6,14,17,19-20,22,25H,7-10H2,1-2H3/b12-3-/t14?,17?,19-,20-/m0/s1. The largest absolute Gasteiger partial charge is 0.508 e. The molecule has 3 unspecified atom stereocenters. The summed E-state index contributed by atoms with van der Waals surface area (Å²) in [5.41, 5.74) is 5.22.